The minimum absolute atomic E-state index is 0.361. The standard InChI is InChI=1S/C14H12N8/c15-12-11-13(18-7-17-11)21-14(20-12)19-9-1-3-10(4-2-9)22-6-5-16-8-22/h1-8H,(H4,15,17,18,19,20,21). The molecule has 0 radical (unpaired) electrons. The Morgan fingerprint density at radius 2 is 2.00 bits per heavy atom. The highest BCUT2D eigenvalue weighted by molar-refractivity contribution is 5.82. The minimum atomic E-state index is 0.361. The van der Waals surface area contributed by atoms with E-state index >= 15 is 0 Å². The summed E-state index contributed by atoms with van der Waals surface area (Å²) in [6.07, 6.45) is 6.91. The van der Waals surface area contributed by atoms with Gasteiger partial charge in [0.15, 0.2) is 11.5 Å². The van der Waals surface area contributed by atoms with Crippen LogP contribution in [-0.2, 0) is 0 Å². The van der Waals surface area contributed by atoms with Gasteiger partial charge in [-0.2, -0.15) is 9.97 Å². The summed E-state index contributed by atoms with van der Waals surface area (Å²) in [5, 5.41) is 3.12. The molecule has 0 saturated carbocycles. The summed E-state index contributed by atoms with van der Waals surface area (Å²) in [7, 11) is 0. The smallest absolute Gasteiger partial charge is 0.231 e. The van der Waals surface area contributed by atoms with Crippen LogP contribution in [0.15, 0.2) is 49.3 Å². The number of nitrogen functional groups attached to an aromatic ring is 1. The molecule has 8 nitrogen and oxygen atoms in total. The van der Waals surface area contributed by atoms with Gasteiger partial charge in [-0.1, -0.05) is 0 Å². The average molecular weight is 292 g/mol. The van der Waals surface area contributed by atoms with Gasteiger partial charge in [-0.05, 0) is 24.3 Å². The third-order valence-corrected chi connectivity index (χ3v) is 3.24. The number of hydrogen-bond acceptors (Lipinski definition) is 6. The molecular weight excluding hydrogens is 280 g/mol. The first-order valence-corrected chi connectivity index (χ1v) is 6.61. The fourth-order valence-electron chi connectivity index (χ4n) is 2.17. The van der Waals surface area contributed by atoms with Crippen molar-refractivity contribution in [3.8, 4) is 5.69 Å². The molecule has 0 spiro atoms. The van der Waals surface area contributed by atoms with Crippen molar-refractivity contribution in [2.75, 3.05) is 11.1 Å². The van der Waals surface area contributed by atoms with Gasteiger partial charge < -0.3 is 20.6 Å². The lowest BCUT2D eigenvalue weighted by Crippen LogP contribution is -2.01. The predicted octanol–water partition coefficient (Wildman–Crippen LogP) is 1.86. The fourth-order valence-corrected chi connectivity index (χ4v) is 2.17. The molecule has 4 N–H and O–H groups in total. The number of H-pyrrole nitrogens is 1. The quantitative estimate of drug-likeness (QED) is 0.531. The predicted molar refractivity (Wildman–Crippen MR) is 82.9 cm³/mol. The molecule has 0 unspecified atom stereocenters. The number of hydrogen-bond donors (Lipinski definition) is 3. The molecule has 0 bridgehead atoms. The summed E-state index contributed by atoms with van der Waals surface area (Å²) in [5.41, 5.74) is 8.92. The molecule has 0 amide bonds. The van der Waals surface area contributed by atoms with Crippen molar-refractivity contribution in [1.82, 2.24) is 29.5 Å². The van der Waals surface area contributed by atoms with Gasteiger partial charge in [0.25, 0.3) is 0 Å². The average Bonchev–Trinajstić information content (AvgIpc) is 3.19. The summed E-state index contributed by atoms with van der Waals surface area (Å²) < 4.78 is 1.92. The molecule has 0 aliphatic rings. The summed E-state index contributed by atoms with van der Waals surface area (Å²) in [5.74, 6) is 0.771. The van der Waals surface area contributed by atoms with Crippen LogP contribution in [0, 0.1) is 0 Å². The van der Waals surface area contributed by atoms with Crippen molar-refractivity contribution in [3.05, 3.63) is 49.3 Å². The SMILES string of the molecule is Nc1nc(Nc2ccc(-n3ccnc3)cc2)nc2nc[nH]c12. The molecule has 1 aromatic carbocycles. The van der Waals surface area contributed by atoms with Crippen molar-refractivity contribution >= 4 is 28.6 Å². The molecule has 0 atom stereocenters. The number of rotatable bonds is 3. The van der Waals surface area contributed by atoms with E-state index in [4.69, 9.17) is 5.73 Å². The van der Waals surface area contributed by atoms with E-state index in [1.807, 2.05) is 35.0 Å². The zero-order valence-electron chi connectivity index (χ0n) is 11.4. The number of benzene rings is 1. The zero-order chi connectivity index (χ0) is 14.9. The largest absolute Gasteiger partial charge is 0.382 e. The van der Waals surface area contributed by atoms with E-state index in [-0.39, 0.29) is 0 Å². The van der Waals surface area contributed by atoms with Crippen molar-refractivity contribution in [2.24, 2.45) is 0 Å². The van der Waals surface area contributed by atoms with Crippen molar-refractivity contribution in [3.63, 3.8) is 0 Å². The number of nitrogens with two attached hydrogens (primary N) is 1. The van der Waals surface area contributed by atoms with Crippen LogP contribution in [0.1, 0.15) is 0 Å². The maximum Gasteiger partial charge on any atom is 0.231 e. The van der Waals surface area contributed by atoms with Crippen molar-refractivity contribution in [1.29, 1.82) is 0 Å². The van der Waals surface area contributed by atoms with Crippen molar-refractivity contribution in [2.45, 2.75) is 0 Å². The lowest BCUT2D eigenvalue weighted by Gasteiger charge is -2.07. The Balaban J connectivity index is 1.62. The van der Waals surface area contributed by atoms with Gasteiger partial charge in [0.2, 0.25) is 5.95 Å². The van der Waals surface area contributed by atoms with Crippen LogP contribution in [0.3, 0.4) is 0 Å². The Hall–Kier alpha value is -3.42. The summed E-state index contributed by atoms with van der Waals surface area (Å²) >= 11 is 0. The molecule has 4 rings (SSSR count). The molecule has 3 heterocycles. The van der Waals surface area contributed by atoms with Crippen LogP contribution < -0.4 is 11.1 Å². The highest BCUT2D eigenvalue weighted by Gasteiger charge is 2.07. The van der Waals surface area contributed by atoms with Crippen LogP contribution in [0.2, 0.25) is 0 Å². The second kappa shape index (κ2) is 4.85. The molecule has 0 aliphatic heterocycles. The van der Waals surface area contributed by atoms with E-state index in [1.54, 1.807) is 18.9 Å². The Morgan fingerprint density at radius 3 is 2.77 bits per heavy atom. The van der Waals surface area contributed by atoms with Gasteiger partial charge in [0.1, 0.15) is 5.52 Å². The van der Waals surface area contributed by atoms with Gasteiger partial charge >= 0.3 is 0 Å². The lowest BCUT2D eigenvalue weighted by atomic mass is 10.3. The van der Waals surface area contributed by atoms with Gasteiger partial charge in [0, 0.05) is 23.8 Å². The van der Waals surface area contributed by atoms with Crippen LogP contribution in [0.4, 0.5) is 17.5 Å². The van der Waals surface area contributed by atoms with E-state index in [1.165, 1.54) is 0 Å². The second-order valence-electron chi connectivity index (χ2n) is 4.68. The van der Waals surface area contributed by atoms with Crippen molar-refractivity contribution < 1.29 is 0 Å². The first kappa shape index (κ1) is 12.3. The minimum Gasteiger partial charge on any atom is -0.382 e. The normalized spacial score (nSPS) is 10.9. The first-order chi connectivity index (χ1) is 10.8. The van der Waals surface area contributed by atoms with Gasteiger partial charge in [-0.15, -0.1) is 0 Å². The molecule has 0 aliphatic carbocycles. The number of aromatic nitrogens is 6. The number of fused-ring (bicyclic) bond motifs is 1. The number of anilines is 3. The van der Waals surface area contributed by atoms with Gasteiger partial charge in [-0.25, -0.2) is 9.97 Å². The van der Waals surface area contributed by atoms with E-state index < -0.39 is 0 Å². The number of nitrogens with zero attached hydrogens (tertiary/aromatic N) is 5. The molecule has 0 fully saturated rings. The highest BCUT2D eigenvalue weighted by atomic mass is 15.2. The zero-order valence-corrected chi connectivity index (χ0v) is 11.4. The Morgan fingerprint density at radius 1 is 1.14 bits per heavy atom. The molecule has 8 heteroatoms. The van der Waals surface area contributed by atoms with Gasteiger partial charge in [0.05, 0.1) is 12.7 Å². The van der Waals surface area contributed by atoms with E-state index in [0.717, 1.165) is 11.4 Å². The Kier molecular flexibility index (Phi) is 2.72. The van der Waals surface area contributed by atoms with Crippen LogP contribution >= 0.6 is 0 Å². The number of imidazole rings is 2. The molecule has 4 aromatic rings. The summed E-state index contributed by atoms with van der Waals surface area (Å²) in [4.78, 5) is 19.5. The fraction of sp³-hybridized carbons (Fsp3) is 0. The van der Waals surface area contributed by atoms with E-state index in [0.29, 0.717) is 22.9 Å². The van der Waals surface area contributed by atoms with Crippen LogP contribution in [-0.4, -0.2) is 29.5 Å². The monoisotopic (exact) mass is 292 g/mol. The van der Waals surface area contributed by atoms with Crippen LogP contribution in [0.5, 0.6) is 0 Å². The number of aromatic amines is 1. The molecule has 22 heavy (non-hydrogen) atoms. The van der Waals surface area contributed by atoms with E-state index in [9.17, 15) is 0 Å². The highest BCUT2D eigenvalue weighted by Crippen LogP contribution is 2.20. The number of nitrogens with one attached hydrogen (secondary N) is 2. The summed E-state index contributed by atoms with van der Waals surface area (Å²) in [6, 6.07) is 7.81. The second-order valence-corrected chi connectivity index (χ2v) is 4.68. The first-order valence-electron chi connectivity index (χ1n) is 6.61. The summed E-state index contributed by atoms with van der Waals surface area (Å²) in [6.45, 7) is 0. The maximum atomic E-state index is 5.87. The molecular formula is C14H12N8. The molecule has 108 valence electrons. The lowest BCUT2D eigenvalue weighted by molar-refractivity contribution is 1.06. The van der Waals surface area contributed by atoms with Crippen LogP contribution in [0.25, 0.3) is 16.9 Å². The third-order valence-electron chi connectivity index (χ3n) is 3.24. The van der Waals surface area contributed by atoms with E-state index in [2.05, 4.69) is 30.2 Å². The maximum absolute atomic E-state index is 5.87. The Labute approximate surface area is 125 Å². The molecule has 3 aromatic heterocycles. The Bertz CT molecular complexity index is 908. The topological polar surface area (TPSA) is 110 Å². The van der Waals surface area contributed by atoms with Gasteiger partial charge in [-0.3, -0.25) is 0 Å². The third kappa shape index (κ3) is 2.12. The molecule has 0 saturated heterocycles.